The second-order valence-electron chi connectivity index (χ2n) is 10.7. The zero-order chi connectivity index (χ0) is 27.9. The zero-order valence-corrected chi connectivity index (χ0v) is 22.7. The lowest BCUT2D eigenvalue weighted by molar-refractivity contribution is -0.137. The standard InChI is InChI=1S/C28H30ClF4N7/c29-21-17-19(9-10-22(21)30)24-35-26(37-27(36-24)40-12-4-6-18-5-1-2-8-23(18)40)39-15-13-38(14-16-39)25-20(28(31,32)33)7-3-11-34-25/h3,7,9-11,17-18,23H,1-2,4-6,8,12-16H2. The smallest absolute Gasteiger partial charge is 0.353 e. The Morgan fingerprint density at radius 3 is 2.33 bits per heavy atom. The van der Waals surface area contributed by atoms with E-state index in [1.165, 1.54) is 50.1 Å². The Morgan fingerprint density at radius 1 is 0.825 bits per heavy atom. The Kier molecular flexibility index (Phi) is 7.41. The van der Waals surface area contributed by atoms with Crippen LogP contribution in [0, 0.1) is 11.7 Å². The molecule has 0 radical (unpaired) electrons. The molecule has 3 aliphatic rings. The normalized spacial score (nSPS) is 21.9. The van der Waals surface area contributed by atoms with Gasteiger partial charge in [0.1, 0.15) is 11.6 Å². The molecule has 1 aromatic carbocycles. The molecule has 7 nitrogen and oxygen atoms in total. The van der Waals surface area contributed by atoms with Crippen LogP contribution in [0.25, 0.3) is 11.4 Å². The SMILES string of the molecule is Fc1ccc(-c2nc(N3CCN(c4ncccc4C(F)(F)F)CC3)nc(N3CCCC4CCCCC43)n2)cc1Cl. The molecule has 2 unspecified atom stereocenters. The van der Waals surface area contributed by atoms with E-state index in [2.05, 4.69) is 9.88 Å². The van der Waals surface area contributed by atoms with Gasteiger partial charge in [-0.3, -0.25) is 0 Å². The van der Waals surface area contributed by atoms with E-state index in [9.17, 15) is 17.6 Å². The van der Waals surface area contributed by atoms with Gasteiger partial charge in [-0.15, -0.1) is 0 Å². The molecule has 4 heterocycles. The zero-order valence-electron chi connectivity index (χ0n) is 21.9. The van der Waals surface area contributed by atoms with E-state index in [4.69, 9.17) is 26.6 Å². The number of rotatable bonds is 4. The average molecular weight is 576 g/mol. The van der Waals surface area contributed by atoms with Crippen molar-refractivity contribution >= 4 is 29.3 Å². The number of nitrogens with zero attached hydrogens (tertiary/aromatic N) is 7. The van der Waals surface area contributed by atoms with Crippen molar-refractivity contribution in [2.45, 2.75) is 50.7 Å². The van der Waals surface area contributed by atoms with Gasteiger partial charge in [-0.2, -0.15) is 28.1 Å². The first-order valence-corrected chi connectivity index (χ1v) is 14.2. The highest BCUT2D eigenvalue weighted by Crippen LogP contribution is 2.38. The number of anilines is 3. The van der Waals surface area contributed by atoms with Crippen LogP contribution >= 0.6 is 11.6 Å². The predicted molar refractivity (Wildman–Crippen MR) is 146 cm³/mol. The highest BCUT2D eigenvalue weighted by Gasteiger charge is 2.37. The van der Waals surface area contributed by atoms with Crippen molar-refractivity contribution in [3.8, 4) is 11.4 Å². The number of pyridine rings is 1. The van der Waals surface area contributed by atoms with Gasteiger partial charge in [-0.1, -0.05) is 24.4 Å². The fraction of sp³-hybridized carbons (Fsp3) is 0.500. The number of hydrogen-bond acceptors (Lipinski definition) is 7. The second kappa shape index (κ2) is 11.0. The van der Waals surface area contributed by atoms with Gasteiger partial charge >= 0.3 is 6.18 Å². The Morgan fingerprint density at radius 2 is 1.55 bits per heavy atom. The summed E-state index contributed by atoms with van der Waals surface area (Å²) in [6, 6.07) is 7.13. The molecule has 40 heavy (non-hydrogen) atoms. The summed E-state index contributed by atoms with van der Waals surface area (Å²) in [5.74, 6) is 1.45. The van der Waals surface area contributed by atoms with Crippen LogP contribution in [-0.2, 0) is 6.18 Å². The van der Waals surface area contributed by atoms with Crippen molar-refractivity contribution in [2.75, 3.05) is 47.4 Å². The maximum atomic E-state index is 13.9. The highest BCUT2D eigenvalue weighted by molar-refractivity contribution is 6.31. The van der Waals surface area contributed by atoms with Gasteiger partial charge < -0.3 is 14.7 Å². The average Bonchev–Trinajstić information content (AvgIpc) is 2.97. The van der Waals surface area contributed by atoms with Crippen LogP contribution in [0.3, 0.4) is 0 Å². The van der Waals surface area contributed by atoms with Gasteiger partial charge in [-0.05, 0) is 61.9 Å². The first kappa shape index (κ1) is 27.0. The lowest BCUT2D eigenvalue weighted by atomic mass is 9.78. The van der Waals surface area contributed by atoms with Crippen molar-refractivity contribution in [3.63, 3.8) is 0 Å². The molecule has 12 heteroatoms. The van der Waals surface area contributed by atoms with Gasteiger partial charge in [0.2, 0.25) is 11.9 Å². The summed E-state index contributed by atoms with van der Waals surface area (Å²) < 4.78 is 54.7. The summed E-state index contributed by atoms with van der Waals surface area (Å²) in [7, 11) is 0. The maximum Gasteiger partial charge on any atom is 0.419 e. The number of aromatic nitrogens is 4. The number of benzene rings is 1. The Labute approximate surface area is 235 Å². The second-order valence-corrected chi connectivity index (χ2v) is 11.1. The third-order valence-corrected chi connectivity index (χ3v) is 8.53. The molecule has 2 saturated heterocycles. The van der Waals surface area contributed by atoms with Crippen molar-refractivity contribution in [2.24, 2.45) is 5.92 Å². The number of hydrogen-bond donors (Lipinski definition) is 0. The molecule has 2 atom stereocenters. The molecule has 1 saturated carbocycles. The first-order chi connectivity index (χ1) is 19.3. The molecular weight excluding hydrogens is 546 g/mol. The number of alkyl halides is 3. The molecule has 0 bridgehead atoms. The van der Waals surface area contributed by atoms with Gasteiger partial charge in [0.15, 0.2) is 5.82 Å². The number of piperazine rings is 1. The summed E-state index contributed by atoms with van der Waals surface area (Å²) in [4.78, 5) is 24.4. The van der Waals surface area contributed by atoms with E-state index >= 15 is 0 Å². The Balaban J connectivity index is 1.31. The van der Waals surface area contributed by atoms with E-state index in [-0.39, 0.29) is 10.8 Å². The molecule has 212 valence electrons. The van der Waals surface area contributed by atoms with E-state index in [0.29, 0.717) is 61.4 Å². The minimum absolute atomic E-state index is 0.0178. The Hall–Kier alpha value is -3.21. The van der Waals surface area contributed by atoms with Gasteiger partial charge in [0.25, 0.3) is 0 Å². The van der Waals surface area contributed by atoms with Gasteiger partial charge in [0.05, 0.1) is 10.6 Å². The van der Waals surface area contributed by atoms with Gasteiger partial charge in [-0.25, -0.2) is 9.37 Å². The van der Waals surface area contributed by atoms with Crippen molar-refractivity contribution in [3.05, 3.63) is 52.9 Å². The number of piperidine rings is 1. The van der Waals surface area contributed by atoms with Crippen LogP contribution in [0.1, 0.15) is 44.1 Å². The third kappa shape index (κ3) is 5.40. The predicted octanol–water partition coefficient (Wildman–Crippen LogP) is 6.23. The molecule has 0 amide bonds. The van der Waals surface area contributed by atoms with Crippen LogP contribution in [0.15, 0.2) is 36.5 Å². The molecule has 2 aliphatic heterocycles. The lowest BCUT2D eigenvalue weighted by Gasteiger charge is -2.44. The number of fused-ring (bicyclic) bond motifs is 1. The van der Waals surface area contributed by atoms with E-state index < -0.39 is 17.6 Å². The monoisotopic (exact) mass is 575 g/mol. The van der Waals surface area contributed by atoms with Crippen LogP contribution in [0.5, 0.6) is 0 Å². The first-order valence-electron chi connectivity index (χ1n) is 13.8. The molecule has 6 rings (SSSR count). The van der Waals surface area contributed by atoms with Crippen molar-refractivity contribution in [1.82, 2.24) is 19.9 Å². The summed E-state index contributed by atoms with van der Waals surface area (Å²) >= 11 is 6.09. The topological polar surface area (TPSA) is 61.3 Å². The minimum Gasteiger partial charge on any atom is -0.353 e. The summed E-state index contributed by atoms with van der Waals surface area (Å²) in [5.41, 5.74) is -0.163. The van der Waals surface area contributed by atoms with Crippen LogP contribution in [0.2, 0.25) is 5.02 Å². The molecular formula is C28H30ClF4N7. The number of halogens is 5. The van der Waals surface area contributed by atoms with Crippen molar-refractivity contribution < 1.29 is 17.6 Å². The van der Waals surface area contributed by atoms with Crippen LogP contribution < -0.4 is 14.7 Å². The molecule has 3 aromatic rings. The fourth-order valence-corrected chi connectivity index (χ4v) is 6.43. The lowest BCUT2D eigenvalue weighted by Crippen LogP contribution is -2.49. The van der Waals surface area contributed by atoms with E-state index in [0.717, 1.165) is 25.5 Å². The van der Waals surface area contributed by atoms with Gasteiger partial charge in [0, 0.05) is 50.5 Å². The largest absolute Gasteiger partial charge is 0.419 e. The molecule has 2 aromatic heterocycles. The molecule has 1 aliphatic carbocycles. The van der Waals surface area contributed by atoms with E-state index in [1.54, 1.807) is 11.0 Å². The van der Waals surface area contributed by atoms with Crippen LogP contribution in [0.4, 0.5) is 35.3 Å². The minimum atomic E-state index is -4.49. The summed E-state index contributed by atoms with van der Waals surface area (Å²) in [5, 5.41) is -0.0178. The quantitative estimate of drug-likeness (QED) is 0.342. The summed E-state index contributed by atoms with van der Waals surface area (Å²) in [6.45, 7) is 2.32. The fourth-order valence-electron chi connectivity index (χ4n) is 6.25. The molecule has 0 N–H and O–H groups in total. The summed E-state index contributed by atoms with van der Waals surface area (Å²) in [6.07, 6.45) is 3.87. The highest BCUT2D eigenvalue weighted by atomic mass is 35.5. The van der Waals surface area contributed by atoms with E-state index in [1.807, 2.05) is 4.90 Å². The third-order valence-electron chi connectivity index (χ3n) is 8.24. The van der Waals surface area contributed by atoms with Crippen LogP contribution in [-0.4, -0.2) is 58.7 Å². The Bertz CT molecular complexity index is 1360. The molecule has 3 fully saturated rings. The van der Waals surface area contributed by atoms with Crippen molar-refractivity contribution in [1.29, 1.82) is 0 Å². The molecule has 0 spiro atoms. The maximum absolute atomic E-state index is 13.9.